The zero-order valence-corrected chi connectivity index (χ0v) is 12.4. The van der Waals surface area contributed by atoms with Gasteiger partial charge in [-0.25, -0.2) is 0 Å². The summed E-state index contributed by atoms with van der Waals surface area (Å²) < 4.78 is 0. The third-order valence-electron chi connectivity index (χ3n) is 4.60. The number of carbonyl (C=O) groups excluding carboxylic acids is 1. The highest BCUT2D eigenvalue weighted by atomic mass is 16.2. The molecule has 1 amide bonds. The molecule has 1 aliphatic carbocycles. The molecule has 0 radical (unpaired) electrons. The fraction of sp³-hybridized carbons (Fsp3) is 0.529. The van der Waals surface area contributed by atoms with Crippen LogP contribution in [-0.2, 0) is 17.8 Å². The highest BCUT2D eigenvalue weighted by molar-refractivity contribution is 5.79. The Morgan fingerprint density at radius 3 is 2.81 bits per heavy atom. The molecular formula is C17H21N3O. The van der Waals surface area contributed by atoms with E-state index < -0.39 is 5.54 Å². The fourth-order valence-corrected chi connectivity index (χ4v) is 3.10. The third kappa shape index (κ3) is 3.08. The molecule has 0 saturated heterocycles. The summed E-state index contributed by atoms with van der Waals surface area (Å²) in [6.45, 7) is 3.93. The van der Waals surface area contributed by atoms with Gasteiger partial charge in [0.2, 0.25) is 5.91 Å². The van der Waals surface area contributed by atoms with Crippen molar-refractivity contribution in [1.29, 1.82) is 5.26 Å². The van der Waals surface area contributed by atoms with Gasteiger partial charge in [0.25, 0.3) is 0 Å². The molecule has 2 aliphatic rings. The summed E-state index contributed by atoms with van der Waals surface area (Å²) in [4.78, 5) is 14.4. The predicted octanol–water partition coefficient (Wildman–Crippen LogP) is 1.85. The van der Waals surface area contributed by atoms with E-state index in [2.05, 4.69) is 34.5 Å². The molecular weight excluding hydrogens is 262 g/mol. The summed E-state index contributed by atoms with van der Waals surface area (Å²) in [7, 11) is 0. The predicted molar refractivity (Wildman–Crippen MR) is 80.3 cm³/mol. The number of fused-ring (bicyclic) bond motifs is 1. The van der Waals surface area contributed by atoms with Gasteiger partial charge in [-0.3, -0.25) is 9.69 Å². The topological polar surface area (TPSA) is 56.1 Å². The summed E-state index contributed by atoms with van der Waals surface area (Å²) in [6, 6.07) is 10.7. The minimum absolute atomic E-state index is 0.0367. The Kier molecular flexibility index (Phi) is 3.69. The molecule has 110 valence electrons. The monoisotopic (exact) mass is 283 g/mol. The molecule has 21 heavy (non-hydrogen) atoms. The van der Waals surface area contributed by atoms with E-state index in [-0.39, 0.29) is 5.91 Å². The maximum atomic E-state index is 12.2. The molecule has 1 atom stereocenters. The first-order valence-electron chi connectivity index (χ1n) is 7.62. The summed E-state index contributed by atoms with van der Waals surface area (Å²) in [5, 5.41) is 12.2. The van der Waals surface area contributed by atoms with Crippen molar-refractivity contribution in [3.05, 3.63) is 35.4 Å². The lowest BCUT2D eigenvalue weighted by Gasteiger charge is -2.30. The Morgan fingerprint density at radius 2 is 2.14 bits per heavy atom. The molecule has 1 aromatic rings. The van der Waals surface area contributed by atoms with Crippen molar-refractivity contribution >= 4 is 5.91 Å². The maximum absolute atomic E-state index is 12.2. The van der Waals surface area contributed by atoms with Gasteiger partial charge in [-0.05, 0) is 43.2 Å². The van der Waals surface area contributed by atoms with Gasteiger partial charge in [0.1, 0.15) is 5.54 Å². The van der Waals surface area contributed by atoms with Gasteiger partial charge in [-0.15, -0.1) is 0 Å². The molecule has 1 unspecified atom stereocenters. The number of rotatable bonds is 4. The van der Waals surface area contributed by atoms with E-state index in [1.165, 1.54) is 11.1 Å². The fourth-order valence-electron chi connectivity index (χ4n) is 3.10. The Labute approximate surface area is 125 Å². The van der Waals surface area contributed by atoms with Crippen molar-refractivity contribution in [3.63, 3.8) is 0 Å². The van der Waals surface area contributed by atoms with Crippen LogP contribution in [0.3, 0.4) is 0 Å². The van der Waals surface area contributed by atoms with Gasteiger partial charge < -0.3 is 5.32 Å². The summed E-state index contributed by atoms with van der Waals surface area (Å²) in [5.41, 5.74) is 2.00. The Hall–Kier alpha value is -1.86. The van der Waals surface area contributed by atoms with Crippen LogP contribution in [-0.4, -0.2) is 29.4 Å². The van der Waals surface area contributed by atoms with Crippen LogP contribution in [0.4, 0.5) is 0 Å². The lowest BCUT2D eigenvalue weighted by atomic mass is 9.97. The average Bonchev–Trinajstić information content (AvgIpc) is 3.32. The molecule has 3 rings (SSSR count). The molecule has 0 aromatic heterocycles. The lowest BCUT2D eigenvalue weighted by Crippen LogP contribution is -2.50. The van der Waals surface area contributed by atoms with E-state index in [1.54, 1.807) is 0 Å². The molecule has 4 nitrogen and oxygen atoms in total. The van der Waals surface area contributed by atoms with Crippen molar-refractivity contribution < 1.29 is 4.79 Å². The maximum Gasteiger partial charge on any atom is 0.235 e. The number of carbonyl (C=O) groups is 1. The van der Waals surface area contributed by atoms with Gasteiger partial charge in [0, 0.05) is 13.1 Å². The first kappa shape index (κ1) is 14.1. The van der Waals surface area contributed by atoms with Gasteiger partial charge in [-0.2, -0.15) is 5.26 Å². The quantitative estimate of drug-likeness (QED) is 0.917. The van der Waals surface area contributed by atoms with Crippen LogP contribution in [0.5, 0.6) is 0 Å². The Morgan fingerprint density at radius 1 is 1.43 bits per heavy atom. The normalized spacial score (nSPS) is 21.0. The van der Waals surface area contributed by atoms with Gasteiger partial charge in [-0.1, -0.05) is 24.3 Å². The largest absolute Gasteiger partial charge is 0.337 e. The molecule has 4 heteroatoms. The molecule has 1 fully saturated rings. The summed E-state index contributed by atoms with van der Waals surface area (Å²) in [6.07, 6.45) is 3.07. The SMILES string of the molecule is CC(C#N)(NC(=O)CN1CCc2ccccc2C1)C1CC1. The molecule has 1 N–H and O–H groups in total. The standard InChI is InChI=1S/C17H21N3O/c1-17(12-18,15-6-7-15)19-16(21)11-20-9-8-13-4-2-3-5-14(13)10-20/h2-5,15H,6-11H2,1H3,(H,19,21). The molecule has 1 aliphatic heterocycles. The van der Waals surface area contributed by atoms with Crippen LogP contribution >= 0.6 is 0 Å². The third-order valence-corrected chi connectivity index (χ3v) is 4.60. The number of hydrogen-bond donors (Lipinski definition) is 1. The van der Waals surface area contributed by atoms with E-state index in [0.29, 0.717) is 12.5 Å². The summed E-state index contributed by atoms with van der Waals surface area (Å²) in [5.74, 6) is 0.291. The lowest BCUT2D eigenvalue weighted by molar-refractivity contribution is -0.123. The van der Waals surface area contributed by atoms with Crippen molar-refractivity contribution in [2.75, 3.05) is 13.1 Å². The van der Waals surface area contributed by atoms with Crippen LogP contribution in [0.1, 0.15) is 30.9 Å². The van der Waals surface area contributed by atoms with E-state index in [1.807, 2.05) is 13.0 Å². The van der Waals surface area contributed by atoms with Gasteiger partial charge in [0.05, 0.1) is 12.6 Å². The Balaban J connectivity index is 1.58. The highest BCUT2D eigenvalue weighted by Gasteiger charge is 2.43. The molecule has 1 heterocycles. The number of nitriles is 1. The Bertz CT molecular complexity index is 588. The van der Waals surface area contributed by atoms with E-state index in [4.69, 9.17) is 0 Å². The second-order valence-corrected chi connectivity index (χ2v) is 6.37. The molecule has 0 spiro atoms. The van der Waals surface area contributed by atoms with Crippen molar-refractivity contribution in [2.24, 2.45) is 5.92 Å². The van der Waals surface area contributed by atoms with Crippen molar-refractivity contribution in [1.82, 2.24) is 10.2 Å². The van der Waals surface area contributed by atoms with Crippen LogP contribution < -0.4 is 5.32 Å². The number of nitrogens with one attached hydrogen (secondary N) is 1. The summed E-state index contributed by atoms with van der Waals surface area (Å²) >= 11 is 0. The highest BCUT2D eigenvalue weighted by Crippen LogP contribution is 2.39. The van der Waals surface area contributed by atoms with Crippen LogP contribution in [0.2, 0.25) is 0 Å². The first-order chi connectivity index (χ1) is 10.1. The van der Waals surface area contributed by atoms with E-state index in [9.17, 15) is 10.1 Å². The average molecular weight is 283 g/mol. The van der Waals surface area contributed by atoms with Gasteiger partial charge >= 0.3 is 0 Å². The number of nitrogens with zero attached hydrogens (tertiary/aromatic N) is 2. The van der Waals surface area contributed by atoms with E-state index >= 15 is 0 Å². The van der Waals surface area contributed by atoms with Crippen molar-refractivity contribution in [2.45, 2.75) is 38.3 Å². The minimum atomic E-state index is -0.690. The van der Waals surface area contributed by atoms with Gasteiger partial charge in [0.15, 0.2) is 0 Å². The van der Waals surface area contributed by atoms with Crippen LogP contribution in [0, 0.1) is 17.2 Å². The smallest absolute Gasteiger partial charge is 0.235 e. The second-order valence-electron chi connectivity index (χ2n) is 6.37. The van der Waals surface area contributed by atoms with E-state index in [0.717, 1.165) is 32.4 Å². The minimum Gasteiger partial charge on any atom is -0.337 e. The number of hydrogen-bond acceptors (Lipinski definition) is 3. The molecule has 1 saturated carbocycles. The second kappa shape index (κ2) is 5.50. The number of amides is 1. The van der Waals surface area contributed by atoms with Crippen LogP contribution in [0.15, 0.2) is 24.3 Å². The molecule has 1 aromatic carbocycles. The zero-order valence-electron chi connectivity index (χ0n) is 12.4. The zero-order chi connectivity index (χ0) is 14.9. The van der Waals surface area contributed by atoms with Crippen LogP contribution in [0.25, 0.3) is 0 Å². The first-order valence-corrected chi connectivity index (χ1v) is 7.62. The van der Waals surface area contributed by atoms with Crippen molar-refractivity contribution in [3.8, 4) is 6.07 Å². The number of benzene rings is 1. The molecule has 0 bridgehead atoms.